The molecule has 0 aliphatic carbocycles. The number of alkyl halides is 1. The average molecular weight is 135 g/mol. The van der Waals surface area contributed by atoms with Crippen LogP contribution in [0.25, 0.3) is 0 Å². The molecule has 48 valence electrons. The molecule has 1 unspecified atom stereocenters. The van der Waals surface area contributed by atoms with Crippen molar-refractivity contribution in [3.63, 3.8) is 0 Å². The third-order valence-corrected chi connectivity index (χ3v) is 1.08. The lowest BCUT2D eigenvalue weighted by Gasteiger charge is -2.04. The molecular weight excluding hydrogens is 124 g/mol. The van der Waals surface area contributed by atoms with Crippen molar-refractivity contribution in [1.29, 1.82) is 0 Å². The Morgan fingerprint density at radius 1 is 1.88 bits per heavy atom. The van der Waals surface area contributed by atoms with E-state index in [-0.39, 0.29) is 5.56 Å². The minimum atomic E-state index is -0.183. The van der Waals surface area contributed by atoms with Gasteiger partial charge in [0.05, 0.1) is 6.26 Å². The Morgan fingerprint density at radius 3 is 2.88 bits per heavy atom. The Hall–Kier alpha value is -0.170. The van der Waals surface area contributed by atoms with Crippen LogP contribution in [0.1, 0.15) is 19.8 Å². The molecule has 1 nitrogen and oxygen atoms in total. The molecule has 0 aromatic rings. The highest BCUT2D eigenvalue weighted by Crippen LogP contribution is 2.05. The van der Waals surface area contributed by atoms with Crippen LogP contribution in [0.4, 0.5) is 0 Å². The molecule has 1 atom stereocenters. The fourth-order valence-corrected chi connectivity index (χ4v) is 0.690. The molecule has 0 radical (unpaired) electrons. The molecule has 0 heterocycles. The van der Waals surface area contributed by atoms with Gasteiger partial charge in [-0.05, 0) is 6.42 Å². The van der Waals surface area contributed by atoms with Crippen LogP contribution < -0.4 is 0 Å². The summed E-state index contributed by atoms with van der Waals surface area (Å²) in [6.45, 7) is 5.43. The van der Waals surface area contributed by atoms with Crippen molar-refractivity contribution in [2.75, 3.05) is 0 Å². The van der Waals surface area contributed by atoms with Crippen molar-refractivity contribution in [3.05, 3.63) is 12.8 Å². The van der Waals surface area contributed by atoms with E-state index in [2.05, 4.69) is 13.5 Å². The van der Waals surface area contributed by atoms with Gasteiger partial charge in [0.15, 0.2) is 5.56 Å². The lowest BCUT2D eigenvalue weighted by atomic mass is 10.4. The Labute approximate surface area is 55.3 Å². The monoisotopic (exact) mass is 134 g/mol. The van der Waals surface area contributed by atoms with Crippen molar-refractivity contribution in [2.24, 2.45) is 0 Å². The van der Waals surface area contributed by atoms with Gasteiger partial charge >= 0.3 is 0 Å². The Kier molecular flexibility index (Phi) is 4.87. The standard InChI is InChI=1S/C6H11ClO/c1-3-5-6(7)8-4-2/h4,6H,2-3,5H2,1H3. The molecule has 2 heteroatoms. The predicted octanol–water partition coefficient (Wildman–Crippen LogP) is 2.51. The number of halogens is 1. The lowest BCUT2D eigenvalue weighted by Crippen LogP contribution is -1.97. The third kappa shape index (κ3) is 4.00. The van der Waals surface area contributed by atoms with Gasteiger partial charge in [-0.15, -0.1) is 0 Å². The van der Waals surface area contributed by atoms with E-state index in [4.69, 9.17) is 16.3 Å². The molecule has 0 fully saturated rings. The van der Waals surface area contributed by atoms with Gasteiger partial charge in [0.25, 0.3) is 0 Å². The van der Waals surface area contributed by atoms with Gasteiger partial charge in [0, 0.05) is 0 Å². The topological polar surface area (TPSA) is 9.23 Å². The molecule has 0 N–H and O–H groups in total. The van der Waals surface area contributed by atoms with Gasteiger partial charge < -0.3 is 4.74 Å². The first kappa shape index (κ1) is 7.83. The normalized spacial score (nSPS) is 12.8. The van der Waals surface area contributed by atoms with E-state index >= 15 is 0 Å². The third-order valence-electron chi connectivity index (χ3n) is 0.760. The van der Waals surface area contributed by atoms with E-state index < -0.39 is 0 Å². The van der Waals surface area contributed by atoms with Crippen molar-refractivity contribution >= 4 is 11.6 Å². The van der Waals surface area contributed by atoms with Crippen LogP contribution >= 0.6 is 11.6 Å². The van der Waals surface area contributed by atoms with Crippen LogP contribution in [-0.2, 0) is 4.74 Å². The van der Waals surface area contributed by atoms with Gasteiger partial charge in [0.1, 0.15) is 0 Å². The summed E-state index contributed by atoms with van der Waals surface area (Å²) in [5, 5.41) is 0. The maximum absolute atomic E-state index is 5.59. The van der Waals surface area contributed by atoms with E-state index in [9.17, 15) is 0 Å². The summed E-state index contributed by atoms with van der Waals surface area (Å²) < 4.78 is 4.81. The van der Waals surface area contributed by atoms with Gasteiger partial charge in [-0.2, -0.15) is 0 Å². The quantitative estimate of drug-likeness (QED) is 0.424. The number of rotatable bonds is 4. The maximum atomic E-state index is 5.59. The smallest absolute Gasteiger partial charge is 0.171 e. The zero-order valence-electron chi connectivity index (χ0n) is 5.06. The van der Waals surface area contributed by atoms with Crippen LogP contribution in [0.5, 0.6) is 0 Å². The highest BCUT2D eigenvalue weighted by Gasteiger charge is 1.97. The van der Waals surface area contributed by atoms with Gasteiger partial charge in [-0.25, -0.2) is 0 Å². The number of hydrogen-bond donors (Lipinski definition) is 0. The van der Waals surface area contributed by atoms with Crippen LogP contribution in [-0.4, -0.2) is 5.56 Å². The molecule has 0 spiro atoms. The van der Waals surface area contributed by atoms with Gasteiger partial charge in [-0.3, -0.25) is 0 Å². The maximum Gasteiger partial charge on any atom is 0.171 e. The Morgan fingerprint density at radius 2 is 2.50 bits per heavy atom. The van der Waals surface area contributed by atoms with Gasteiger partial charge in [-0.1, -0.05) is 31.5 Å². The summed E-state index contributed by atoms with van der Waals surface area (Å²) in [6.07, 6.45) is 3.29. The highest BCUT2D eigenvalue weighted by atomic mass is 35.5. The summed E-state index contributed by atoms with van der Waals surface area (Å²) >= 11 is 5.59. The van der Waals surface area contributed by atoms with Crippen LogP contribution in [0.15, 0.2) is 12.8 Å². The molecule has 0 rings (SSSR count). The molecule has 0 aromatic heterocycles. The van der Waals surface area contributed by atoms with E-state index in [0.29, 0.717) is 0 Å². The second-order valence-electron chi connectivity index (χ2n) is 1.50. The molecule has 0 aromatic carbocycles. The van der Waals surface area contributed by atoms with E-state index in [1.165, 1.54) is 6.26 Å². The van der Waals surface area contributed by atoms with Crippen LogP contribution in [0.3, 0.4) is 0 Å². The molecule has 0 amide bonds. The second kappa shape index (κ2) is 4.98. The van der Waals surface area contributed by atoms with E-state index in [1.54, 1.807) is 0 Å². The van der Waals surface area contributed by atoms with Crippen molar-refractivity contribution < 1.29 is 4.74 Å². The molecular formula is C6H11ClO. The SMILES string of the molecule is C=COC(Cl)CCC. The fraction of sp³-hybridized carbons (Fsp3) is 0.667. The van der Waals surface area contributed by atoms with Crippen LogP contribution in [0.2, 0.25) is 0 Å². The summed E-state index contributed by atoms with van der Waals surface area (Å²) in [6, 6.07) is 0. The first-order valence-corrected chi connectivity index (χ1v) is 3.15. The highest BCUT2D eigenvalue weighted by molar-refractivity contribution is 6.19. The Balaban J connectivity index is 3.03. The van der Waals surface area contributed by atoms with E-state index in [1.807, 2.05) is 0 Å². The molecule has 8 heavy (non-hydrogen) atoms. The predicted molar refractivity (Wildman–Crippen MR) is 35.8 cm³/mol. The van der Waals surface area contributed by atoms with Crippen molar-refractivity contribution in [2.45, 2.75) is 25.3 Å². The van der Waals surface area contributed by atoms with Crippen LogP contribution in [0, 0.1) is 0 Å². The van der Waals surface area contributed by atoms with Gasteiger partial charge in [0.2, 0.25) is 0 Å². The first-order chi connectivity index (χ1) is 3.81. The lowest BCUT2D eigenvalue weighted by molar-refractivity contribution is 0.207. The molecule has 0 aliphatic heterocycles. The summed E-state index contributed by atoms with van der Waals surface area (Å²) in [5.74, 6) is 0. The molecule has 0 saturated carbocycles. The second-order valence-corrected chi connectivity index (χ2v) is 1.99. The fourth-order valence-electron chi connectivity index (χ4n) is 0.399. The largest absolute Gasteiger partial charge is 0.483 e. The molecule has 0 aliphatic rings. The molecule has 0 saturated heterocycles. The summed E-state index contributed by atoms with van der Waals surface area (Å²) in [5.41, 5.74) is -0.183. The summed E-state index contributed by atoms with van der Waals surface area (Å²) in [4.78, 5) is 0. The van der Waals surface area contributed by atoms with Crippen molar-refractivity contribution in [3.8, 4) is 0 Å². The van der Waals surface area contributed by atoms with Crippen molar-refractivity contribution in [1.82, 2.24) is 0 Å². The minimum Gasteiger partial charge on any atom is -0.483 e. The minimum absolute atomic E-state index is 0.183. The molecule has 0 bridgehead atoms. The average Bonchev–Trinajstić information content (AvgIpc) is 1.68. The number of ether oxygens (including phenoxy) is 1. The van der Waals surface area contributed by atoms with E-state index in [0.717, 1.165) is 12.8 Å². The zero-order valence-corrected chi connectivity index (χ0v) is 5.82. The first-order valence-electron chi connectivity index (χ1n) is 2.71. The zero-order chi connectivity index (χ0) is 6.41. The number of hydrogen-bond acceptors (Lipinski definition) is 1. The Bertz CT molecular complexity index is 63.5. The summed E-state index contributed by atoms with van der Waals surface area (Å²) in [7, 11) is 0.